The lowest BCUT2D eigenvalue weighted by molar-refractivity contribution is 0.177. The minimum atomic E-state index is 1.51. The molecule has 1 radical (unpaired) electrons. The van der Waals surface area contributed by atoms with Crippen molar-refractivity contribution in [1.29, 1.82) is 0 Å². The maximum absolute atomic E-state index is 4.56. The number of nitrogens with one attached hydrogen (secondary N) is 1. The van der Waals surface area contributed by atoms with Crippen LogP contribution in [0.15, 0.2) is 11.6 Å². The predicted molar refractivity (Wildman–Crippen MR) is 42.1 cm³/mol. The van der Waals surface area contributed by atoms with Crippen LogP contribution in [0, 0.1) is 0 Å². The van der Waals surface area contributed by atoms with Crippen molar-refractivity contribution >= 4 is 29.7 Å². The highest BCUT2D eigenvalue weighted by Gasteiger charge is 2.08. The van der Waals surface area contributed by atoms with Gasteiger partial charge in [0.05, 0.1) is 0 Å². The van der Waals surface area contributed by atoms with Gasteiger partial charge in [0.2, 0.25) is 0 Å². The third kappa shape index (κ3) is 1.57. The molecule has 0 fully saturated rings. The van der Waals surface area contributed by atoms with Gasteiger partial charge in [-0.05, 0) is 11.9 Å². The zero-order valence-electron chi connectivity index (χ0n) is 4.87. The molecular weight excluding hydrogens is 154 g/mol. The van der Waals surface area contributed by atoms with Crippen LogP contribution in [0.3, 0.4) is 0 Å². The van der Waals surface area contributed by atoms with Crippen LogP contribution in [0.5, 0.6) is 0 Å². The topological polar surface area (TPSA) is 18.5 Å². The van der Waals surface area contributed by atoms with E-state index in [-0.39, 0.29) is 0 Å². The highest BCUT2D eigenvalue weighted by atomic mass is 32.2. The normalized spacial score (nSPS) is 17.4. The number of hydrazine groups is 2. The molecular formula is C4H6N3S2. The van der Waals surface area contributed by atoms with E-state index in [0.717, 1.165) is 0 Å². The van der Waals surface area contributed by atoms with E-state index in [9.17, 15) is 0 Å². The second kappa shape index (κ2) is 3.05. The number of nitrogens with zero attached hydrogens (tertiary/aromatic N) is 2. The third-order valence-corrected chi connectivity index (χ3v) is 1.89. The Kier molecular flexibility index (Phi) is 2.32. The third-order valence-electron chi connectivity index (χ3n) is 0.818. The van der Waals surface area contributed by atoms with Crippen molar-refractivity contribution in [3.8, 4) is 0 Å². The minimum Gasteiger partial charge on any atom is -0.298 e. The molecule has 1 N–H and O–H groups in total. The standard InChI is InChI=1S/C4H6N3S2/c1-6(4-8)7-5-2-3-9-7/h2-3,5H,1H3. The number of thiocarbonyl (C=S) groups is 1. The molecule has 1 rings (SSSR count). The van der Waals surface area contributed by atoms with Crippen molar-refractivity contribution in [2.24, 2.45) is 0 Å². The van der Waals surface area contributed by atoms with E-state index in [1.807, 2.05) is 18.7 Å². The van der Waals surface area contributed by atoms with Crippen molar-refractivity contribution in [2.75, 3.05) is 7.05 Å². The van der Waals surface area contributed by atoms with Gasteiger partial charge in [0, 0.05) is 18.7 Å². The Morgan fingerprint density at radius 1 is 1.89 bits per heavy atom. The molecule has 3 nitrogen and oxygen atoms in total. The van der Waals surface area contributed by atoms with E-state index in [1.165, 1.54) is 11.9 Å². The fraction of sp³-hybridized carbons (Fsp3) is 0.250. The maximum atomic E-state index is 4.56. The Morgan fingerprint density at radius 3 is 3.11 bits per heavy atom. The summed E-state index contributed by atoms with van der Waals surface area (Å²) in [5, 5.41) is 3.57. The molecule has 1 aliphatic heterocycles. The molecule has 9 heavy (non-hydrogen) atoms. The number of hydrogen-bond acceptors (Lipinski definition) is 4. The lowest BCUT2D eigenvalue weighted by Crippen LogP contribution is -2.37. The fourth-order valence-electron chi connectivity index (χ4n) is 0.407. The van der Waals surface area contributed by atoms with Crippen molar-refractivity contribution in [3.05, 3.63) is 11.6 Å². The first-order chi connectivity index (χ1) is 4.34. The van der Waals surface area contributed by atoms with Gasteiger partial charge in [0.15, 0.2) is 5.49 Å². The monoisotopic (exact) mass is 160 g/mol. The first-order valence-electron chi connectivity index (χ1n) is 2.34. The molecule has 0 aromatic heterocycles. The lowest BCUT2D eigenvalue weighted by Gasteiger charge is -2.21. The number of rotatable bonds is 2. The molecule has 5 heteroatoms. The van der Waals surface area contributed by atoms with Crippen molar-refractivity contribution in [2.45, 2.75) is 0 Å². The summed E-state index contributed by atoms with van der Waals surface area (Å²) < 4.78 is 1.76. The van der Waals surface area contributed by atoms with Gasteiger partial charge in [-0.15, -0.1) is 0 Å². The SMILES string of the molecule is CN([C]=S)N1NC=CS1. The van der Waals surface area contributed by atoms with Crippen LogP contribution in [0.2, 0.25) is 0 Å². The van der Waals surface area contributed by atoms with Gasteiger partial charge < -0.3 is 0 Å². The second-order valence-electron chi connectivity index (χ2n) is 1.43. The molecule has 0 spiro atoms. The average molecular weight is 160 g/mol. The molecule has 0 aromatic rings. The van der Waals surface area contributed by atoms with Crippen LogP contribution in [0.4, 0.5) is 0 Å². The van der Waals surface area contributed by atoms with E-state index in [2.05, 4.69) is 23.1 Å². The summed E-state index contributed by atoms with van der Waals surface area (Å²) in [5.41, 5.74) is 5.45. The molecule has 0 unspecified atom stereocenters. The molecule has 1 aliphatic rings. The van der Waals surface area contributed by atoms with E-state index in [4.69, 9.17) is 0 Å². The maximum Gasteiger partial charge on any atom is 0.154 e. The summed E-state index contributed by atoms with van der Waals surface area (Å²) in [5.74, 6) is 0. The zero-order chi connectivity index (χ0) is 6.69. The summed E-state index contributed by atoms with van der Waals surface area (Å²) in [6, 6.07) is 0. The van der Waals surface area contributed by atoms with E-state index >= 15 is 0 Å². The summed E-state index contributed by atoms with van der Waals surface area (Å²) >= 11 is 6.08. The summed E-state index contributed by atoms with van der Waals surface area (Å²) in [4.78, 5) is 0. The molecule has 0 atom stereocenters. The Balaban J connectivity index is 2.35. The van der Waals surface area contributed by atoms with E-state index < -0.39 is 0 Å². The highest BCUT2D eigenvalue weighted by Crippen LogP contribution is 2.13. The van der Waals surface area contributed by atoms with Gasteiger partial charge in [0.25, 0.3) is 0 Å². The van der Waals surface area contributed by atoms with E-state index in [0.29, 0.717) is 0 Å². The van der Waals surface area contributed by atoms with Crippen LogP contribution >= 0.6 is 24.2 Å². The minimum absolute atomic E-state index is 1.51. The smallest absolute Gasteiger partial charge is 0.154 e. The van der Waals surface area contributed by atoms with Gasteiger partial charge >= 0.3 is 0 Å². The van der Waals surface area contributed by atoms with Crippen LogP contribution in [0.25, 0.3) is 0 Å². The van der Waals surface area contributed by atoms with Crippen LogP contribution in [-0.4, -0.2) is 22.1 Å². The predicted octanol–water partition coefficient (Wildman–Crippen LogP) is 0.607. The Hall–Kier alpha value is -0.260. The van der Waals surface area contributed by atoms with Gasteiger partial charge in [-0.3, -0.25) is 10.4 Å². The molecule has 49 valence electrons. The average Bonchev–Trinajstić information content (AvgIpc) is 2.37. The fourth-order valence-corrected chi connectivity index (χ4v) is 1.08. The van der Waals surface area contributed by atoms with E-state index in [1.54, 1.807) is 9.53 Å². The first kappa shape index (κ1) is 6.85. The summed E-state index contributed by atoms with van der Waals surface area (Å²) in [6.45, 7) is 0. The quantitative estimate of drug-likeness (QED) is 0.361. The summed E-state index contributed by atoms with van der Waals surface area (Å²) in [7, 11) is 1.82. The largest absolute Gasteiger partial charge is 0.298 e. The van der Waals surface area contributed by atoms with Crippen molar-refractivity contribution in [3.63, 3.8) is 0 Å². The molecule has 0 aliphatic carbocycles. The second-order valence-corrected chi connectivity index (χ2v) is 2.44. The zero-order valence-corrected chi connectivity index (χ0v) is 6.50. The van der Waals surface area contributed by atoms with Crippen LogP contribution < -0.4 is 5.43 Å². The Labute approximate surface area is 63.8 Å². The molecule has 0 saturated heterocycles. The molecule has 0 bridgehead atoms. The van der Waals surface area contributed by atoms with Crippen molar-refractivity contribution in [1.82, 2.24) is 15.0 Å². The van der Waals surface area contributed by atoms with Crippen LogP contribution in [-0.2, 0) is 0 Å². The number of hydrogen-bond donors (Lipinski definition) is 1. The lowest BCUT2D eigenvalue weighted by atomic mass is 11.1. The molecule has 1 heterocycles. The summed E-state index contributed by atoms with van der Waals surface area (Å²) in [6.07, 6.45) is 1.83. The molecule has 0 saturated carbocycles. The van der Waals surface area contributed by atoms with Gasteiger partial charge in [0.1, 0.15) is 0 Å². The Morgan fingerprint density at radius 2 is 2.67 bits per heavy atom. The molecule has 0 amide bonds. The Bertz CT molecular complexity index is 128. The highest BCUT2D eigenvalue weighted by molar-refractivity contribution is 8.00. The van der Waals surface area contributed by atoms with Gasteiger partial charge in [-0.1, -0.05) is 16.7 Å². The van der Waals surface area contributed by atoms with Crippen LogP contribution in [0.1, 0.15) is 0 Å². The van der Waals surface area contributed by atoms with Gasteiger partial charge in [-0.2, -0.15) is 0 Å². The van der Waals surface area contributed by atoms with Gasteiger partial charge in [-0.25, -0.2) is 0 Å². The molecule has 0 aromatic carbocycles. The van der Waals surface area contributed by atoms with Crippen molar-refractivity contribution < 1.29 is 0 Å². The first-order valence-corrected chi connectivity index (χ1v) is 3.58.